The second-order valence-electron chi connectivity index (χ2n) is 3.54. The molecule has 0 fully saturated rings. The largest absolute Gasteiger partial charge is 0.493 e. The average Bonchev–Trinajstić information content (AvgIpc) is 2.48. The minimum Gasteiger partial charge on any atom is -0.493 e. The summed E-state index contributed by atoms with van der Waals surface area (Å²) < 4.78 is 10.2. The van der Waals surface area contributed by atoms with E-state index in [-0.39, 0.29) is 0 Å². The van der Waals surface area contributed by atoms with Crippen LogP contribution in [0.3, 0.4) is 0 Å². The minimum absolute atomic E-state index is 0.417. The van der Waals surface area contributed by atoms with Crippen molar-refractivity contribution >= 4 is 0 Å². The van der Waals surface area contributed by atoms with E-state index in [0.29, 0.717) is 23.0 Å². The molecule has 0 radical (unpaired) electrons. The average molecular weight is 262 g/mol. The predicted octanol–water partition coefficient (Wildman–Crippen LogP) is 3.01. The Morgan fingerprint density at radius 1 is 0.579 bits per heavy atom. The first-order valence-electron chi connectivity index (χ1n) is 5.62. The van der Waals surface area contributed by atoms with Gasteiger partial charge < -0.3 is 9.47 Å². The Bertz CT molecular complexity index is 479. The van der Waals surface area contributed by atoms with Gasteiger partial charge in [0.25, 0.3) is 0 Å². The van der Waals surface area contributed by atoms with E-state index in [1.165, 1.54) is 0 Å². The molecular formula is C14H14O5. The van der Waals surface area contributed by atoms with Crippen LogP contribution >= 0.6 is 0 Å². The Hall–Kier alpha value is -2.40. The van der Waals surface area contributed by atoms with Gasteiger partial charge in [0.05, 0.1) is 14.2 Å². The quantitative estimate of drug-likeness (QED) is 0.591. The maximum atomic E-state index is 5.11. The van der Waals surface area contributed by atoms with Gasteiger partial charge in [-0.25, -0.2) is 0 Å². The zero-order valence-electron chi connectivity index (χ0n) is 10.7. The highest BCUT2D eigenvalue weighted by molar-refractivity contribution is 5.39. The van der Waals surface area contributed by atoms with Gasteiger partial charge in [0.15, 0.2) is 11.5 Å². The van der Waals surface area contributed by atoms with Crippen molar-refractivity contribution in [2.75, 3.05) is 14.2 Å². The first kappa shape index (κ1) is 13.0. The van der Waals surface area contributed by atoms with Crippen molar-refractivity contribution < 1.29 is 24.3 Å². The van der Waals surface area contributed by atoms with Crippen LogP contribution in [0.25, 0.3) is 0 Å². The van der Waals surface area contributed by atoms with Gasteiger partial charge in [-0.2, -0.15) is 0 Å². The molecule has 2 aromatic rings. The van der Waals surface area contributed by atoms with Crippen molar-refractivity contribution in [2.24, 2.45) is 0 Å². The van der Waals surface area contributed by atoms with Crippen LogP contribution in [0.4, 0.5) is 0 Å². The van der Waals surface area contributed by atoms with E-state index in [4.69, 9.17) is 24.3 Å². The Morgan fingerprint density at radius 3 is 1.32 bits per heavy atom. The van der Waals surface area contributed by atoms with Crippen LogP contribution in [-0.4, -0.2) is 14.2 Å². The Balaban J connectivity index is 1.96. The van der Waals surface area contributed by atoms with Gasteiger partial charge in [0.1, 0.15) is 0 Å². The third kappa shape index (κ3) is 3.29. The summed E-state index contributed by atoms with van der Waals surface area (Å²) in [6, 6.07) is 14.1. The molecule has 0 amide bonds. The van der Waals surface area contributed by atoms with Gasteiger partial charge in [-0.3, -0.25) is 9.78 Å². The van der Waals surface area contributed by atoms with Gasteiger partial charge in [0, 0.05) is 5.04 Å². The molecule has 0 bridgehead atoms. The summed E-state index contributed by atoms with van der Waals surface area (Å²) >= 11 is 0. The normalized spacial score (nSPS) is 9.79. The van der Waals surface area contributed by atoms with Crippen molar-refractivity contribution in [3.63, 3.8) is 0 Å². The number of rotatable bonds is 6. The standard InChI is InChI=1S/C14H14O5/c1-15-11-7-3-5-9-13(11)17-19-18-14-10-6-4-8-12(14)16-2/h3-10H,1-2H3. The number of benzene rings is 2. The molecule has 0 N–H and O–H groups in total. The number of hydrogen-bond acceptors (Lipinski definition) is 5. The van der Waals surface area contributed by atoms with Gasteiger partial charge in [-0.05, 0) is 24.3 Å². The van der Waals surface area contributed by atoms with Crippen LogP contribution < -0.4 is 19.2 Å². The molecule has 0 unspecified atom stereocenters. The van der Waals surface area contributed by atoms with Gasteiger partial charge in [-0.15, -0.1) is 0 Å². The lowest BCUT2D eigenvalue weighted by atomic mass is 10.3. The van der Waals surface area contributed by atoms with Crippen LogP contribution in [0.15, 0.2) is 48.5 Å². The molecule has 0 aromatic heterocycles. The lowest BCUT2D eigenvalue weighted by Crippen LogP contribution is -2.04. The molecule has 0 aliphatic carbocycles. The second-order valence-corrected chi connectivity index (χ2v) is 3.54. The molecule has 0 heterocycles. The maximum Gasteiger partial charge on any atom is 0.211 e. The van der Waals surface area contributed by atoms with Crippen LogP contribution in [-0.2, 0) is 5.04 Å². The van der Waals surface area contributed by atoms with Crippen molar-refractivity contribution in [3.8, 4) is 23.0 Å². The molecule has 19 heavy (non-hydrogen) atoms. The number of ether oxygens (including phenoxy) is 2. The van der Waals surface area contributed by atoms with Gasteiger partial charge in [-0.1, -0.05) is 24.3 Å². The molecule has 5 nitrogen and oxygen atoms in total. The molecule has 0 spiro atoms. The summed E-state index contributed by atoms with van der Waals surface area (Å²) in [6.45, 7) is 0. The predicted molar refractivity (Wildman–Crippen MR) is 68.3 cm³/mol. The van der Waals surface area contributed by atoms with E-state index in [9.17, 15) is 0 Å². The van der Waals surface area contributed by atoms with Crippen LogP contribution in [0.2, 0.25) is 0 Å². The molecular weight excluding hydrogens is 248 g/mol. The summed E-state index contributed by atoms with van der Waals surface area (Å²) in [4.78, 5) is 10.1. The zero-order valence-corrected chi connectivity index (χ0v) is 10.7. The molecule has 5 heteroatoms. The van der Waals surface area contributed by atoms with Crippen LogP contribution in [0.1, 0.15) is 0 Å². The number of methoxy groups -OCH3 is 2. The van der Waals surface area contributed by atoms with Crippen molar-refractivity contribution in [1.29, 1.82) is 0 Å². The van der Waals surface area contributed by atoms with Crippen LogP contribution in [0, 0.1) is 0 Å². The highest BCUT2D eigenvalue weighted by Gasteiger charge is 2.07. The van der Waals surface area contributed by atoms with E-state index < -0.39 is 0 Å². The SMILES string of the molecule is COc1ccccc1OOOc1ccccc1OC. The second kappa shape index (κ2) is 6.51. The Labute approximate surface area is 111 Å². The Kier molecular flexibility index (Phi) is 4.47. The van der Waals surface area contributed by atoms with Crippen molar-refractivity contribution in [2.45, 2.75) is 0 Å². The highest BCUT2D eigenvalue weighted by atomic mass is 17.5. The lowest BCUT2D eigenvalue weighted by molar-refractivity contribution is -0.411. The van der Waals surface area contributed by atoms with Gasteiger partial charge in [0.2, 0.25) is 11.5 Å². The summed E-state index contributed by atoms with van der Waals surface area (Å²) in [5.74, 6) is 1.93. The molecule has 0 aliphatic heterocycles. The topological polar surface area (TPSA) is 46.2 Å². The molecule has 0 saturated carbocycles. The fourth-order valence-electron chi connectivity index (χ4n) is 1.47. The van der Waals surface area contributed by atoms with Crippen LogP contribution in [0.5, 0.6) is 23.0 Å². The summed E-state index contributed by atoms with van der Waals surface area (Å²) in [7, 11) is 3.09. The maximum absolute atomic E-state index is 5.11. The summed E-state index contributed by atoms with van der Waals surface area (Å²) in [6.07, 6.45) is 0. The third-order valence-electron chi connectivity index (χ3n) is 2.39. The highest BCUT2D eigenvalue weighted by Crippen LogP contribution is 2.28. The third-order valence-corrected chi connectivity index (χ3v) is 2.39. The van der Waals surface area contributed by atoms with Crippen molar-refractivity contribution in [3.05, 3.63) is 48.5 Å². The first-order chi connectivity index (χ1) is 9.35. The van der Waals surface area contributed by atoms with E-state index in [1.807, 2.05) is 12.1 Å². The monoisotopic (exact) mass is 262 g/mol. The molecule has 0 saturated heterocycles. The van der Waals surface area contributed by atoms with E-state index in [2.05, 4.69) is 0 Å². The molecule has 100 valence electrons. The van der Waals surface area contributed by atoms with Crippen molar-refractivity contribution in [1.82, 2.24) is 0 Å². The lowest BCUT2D eigenvalue weighted by Gasteiger charge is -2.09. The zero-order chi connectivity index (χ0) is 13.5. The Morgan fingerprint density at radius 2 is 0.947 bits per heavy atom. The number of para-hydroxylation sites is 4. The van der Waals surface area contributed by atoms with E-state index in [1.54, 1.807) is 50.6 Å². The van der Waals surface area contributed by atoms with Gasteiger partial charge >= 0.3 is 0 Å². The fraction of sp³-hybridized carbons (Fsp3) is 0.143. The van der Waals surface area contributed by atoms with E-state index in [0.717, 1.165) is 0 Å². The van der Waals surface area contributed by atoms with E-state index >= 15 is 0 Å². The molecule has 2 rings (SSSR count). The fourth-order valence-corrected chi connectivity index (χ4v) is 1.47. The molecule has 0 atom stereocenters. The summed E-state index contributed by atoms with van der Waals surface area (Å²) in [5, 5.41) is 4.73. The minimum atomic E-state index is 0.417. The smallest absolute Gasteiger partial charge is 0.211 e. The summed E-state index contributed by atoms with van der Waals surface area (Å²) in [5.41, 5.74) is 0. The first-order valence-corrected chi connectivity index (χ1v) is 5.62. The molecule has 0 aliphatic rings. The molecule has 2 aromatic carbocycles. The number of hydrogen-bond donors (Lipinski definition) is 0.